The number of rotatable bonds is 6. The Morgan fingerprint density at radius 2 is 2.17 bits per heavy atom. The summed E-state index contributed by atoms with van der Waals surface area (Å²) in [5.74, 6) is 0.152. The van der Waals surface area contributed by atoms with Crippen molar-refractivity contribution in [2.24, 2.45) is 0 Å². The van der Waals surface area contributed by atoms with Gasteiger partial charge in [-0.3, -0.25) is 4.90 Å². The fourth-order valence-electron chi connectivity index (χ4n) is 1.88. The van der Waals surface area contributed by atoms with Crippen LogP contribution in [0.2, 0.25) is 5.15 Å². The average molecular weight is 291 g/mol. The molecule has 6 heteroatoms. The van der Waals surface area contributed by atoms with E-state index < -0.39 is 9.84 Å². The van der Waals surface area contributed by atoms with Crippen molar-refractivity contribution < 1.29 is 8.42 Å². The highest BCUT2D eigenvalue weighted by atomic mass is 35.5. The second-order valence-electron chi connectivity index (χ2n) is 4.46. The Morgan fingerprint density at radius 1 is 1.50 bits per heavy atom. The van der Waals surface area contributed by atoms with Crippen molar-refractivity contribution in [3.63, 3.8) is 0 Å². The first-order valence-electron chi connectivity index (χ1n) is 5.84. The molecule has 1 aromatic rings. The Hall–Kier alpha value is -0.650. The molecule has 1 aromatic heterocycles. The third-order valence-electron chi connectivity index (χ3n) is 2.78. The van der Waals surface area contributed by atoms with Crippen LogP contribution in [0.15, 0.2) is 18.3 Å². The van der Waals surface area contributed by atoms with Gasteiger partial charge in [0, 0.05) is 30.6 Å². The highest BCUT2D eigenvalue weighted by molar-refractivity contribution is 7.90. The van der Waals surface area contributed by atoms with E-state index in [1.54, 1.807) is 6.20 Å². The van der Waals surface area contributed by atoms with Crippen LogP contribution in [-0.4, -0.2) is 42.9 Å². The Bertz CT molecular complexity index is 491. The fourth-order valence-corrected chi connectivity index (χ4v) is 3.15. The number of hydrogen-bond donors (Lipinski definition) is 0. The number of halogens is 1. The number of nitrogens with zero attached hydrogens (tertiary/aromatic N) is 2. The van der Waals surface area contributed by atoms with Gasteiger partial charge in [0.15, 0.2) is 0 Å². The fraction of sp³-hybridized carbons (Fsp3) is 0.583. The van der Waals surface area contributed by atoms with Crippen LogP contribution in [0.25, 0.3) is 0 Å². The quantitative estimate of drug-likeness (QED) is 0.752. The molecule has 1 atom stereocenters. The summed E-state index contributed by atoms with van der Waals surface area (Å²) in [7, 11) is -2.97. The van der Waals surface area contributed by atoms with Crippen LogP contribution in [0.3, 0.4) is 0 Å². The van der Waals surface area contributed by atoms with Crippen LogP contribution in [0.1, 0.15) is 19.4 Å². The molecule has 0 aliphatic heterocycles. The highest BCUT2D eigenvalue weighted by Crippen LogP contribution is 2.16. The van der Waals surface area contributed by atoms with Gasteiger partial charge in [0.25, 0.3) is 0 Å². The summed E-state index contributed by atoms with van der Waals surface area (Å²) in [6.45, 7) is 5.29. The molecular weight excluding hydrogens is 272 g/mol. The number of hydrogen-bond acceptors (Lipinski definition) is 4. The molecule has 0 aromatic carbocycles. The van der Waals surface area contributed by atoms with Gasteiger partial charge >= 0.3 is 0 Å². The standard InChI is InChI=1S/C12H19ClN2O2S/c1-4-15(10(2)9-18(3,16)17)8-11-6-5-7-14-12(11)13/h5-7,10H,4,8-9H2,1-3H3. The van der Waals surface area contributed by atoms with Crippen molar-refractivity contribution in [3.8, 4) is 0 Å². The van der Waals surface area contributed by atoms with E-state index in [4.69, 9.17) is 11.6 Å². The molecule has 1 unspecified atom stereocenters. The Kier molecular flexibility index (Phi) is 5.56. The lowest BCUT2D eigenvalue weighted by atomic mass is 10.2. The molecule has 0 fully saturated rings. The summed E-state index contributed by atoms with van der Waals surface area (Å²) in [5, 5.41) is 0.475. The molecule has 0 radical (unpaired) electrons. The maximum atomic E-state index is 11.3. The molecule has 0 saturated heterocycles. The van der Waals surface area contributed by atoms with Gasteiger partial charge in [-0.25, -0.2) is 13.4 Å². The number of pyridine rings is 1. The SMILES string of the molecule is CCN(Cc1cccnc1Cl)C(C)CS(C)(=O)=O. The Balaban J connectivity index is 2.76. The van der Waals surface area contributed by atoms with Crippen LogP contribution < -0.4 is 0 Å². The summed E-state index contributed by atoms with van der Waals surface area (Å²) in [5.41, 5.74) is 0.918. The van der Waals surface area contributed by atoms with E-state index in [-0.39, 0.29) is 11.8 Å². The predicted molar refractivity (Wildman–Crippen MR) is 74.5 cm³/mol. The van der Waals surface area contributed by atoms with Gasteiger partial charge in [-0.05, 0) is 19.5 Å². The molecule has 0 aliphatic carbocycles. The molecule has 1 heterocycles. The van der Waals surface area contributed by atoms with Gasteiger partial charge in [-0.2, -0.15) is 0 Å². The zero-order valence-corrected chi connectivity index (χ0v) is 12.5. The molecule has 102 valence electrons. The summed E-state index contributed by atoms with van der Waals surface area (Å²) in [6.07, 6.45) is 2.90. The lowest BCUT2D eigenvalue weighted by Crippen LogP contribution is -2.37. The lowest BCUT2D eigenvalue weighted by Gasteiger charge is -2.27. The van der Waals surface area contributed by atoms with Crippen LogP contribution in [0.4, 0.5) is 0 Å². The first-order valence-corrected chi connectivity index (χ1v) is 8.28. The molecule has 0 saturated carbocycles. The van der Waals surface area contributed by atoms with E-state index in [1.807, 2.05) is 26.0 Å². The van der Waals surface area contributed by atoms with Gasteiger partial charge in [0.05, 0.1) is 5.75 Å². The molecule has 18 heavy (non-hydrogen) atoms. The minimum atomic E-state index is -2.97. The second kappa shape index (κ2) is 6.50. The zero-order chi connectivity index (χ0) is 13.8. The van der Waals surface area contributed by atoms with E-state index >= 15 is 0 Å². The van der Waals surface area contributed by atoms with E-state index in [9.17, 15) is 8.42 Å². The first kappa shape index (κ1) is 15.4. The predicted octanol–water partition coefficient (Wildman–Crippen LogP) is 1.99. The molecule has 0 spiro atoms. The van der Waals surface area contributed by atoms with Gasteiger partial charge in [0.2, 0.25) is 0 Å². The topological polar surface area (TPSA) is 50.3 Å². The van der Waals surface area contributed by atoms with E-state index in [0.717, 1.165) is 12.1 Å². The van der Waals surface area contributed by atoms with E-state index in [2.05, 4.69) is 9.88 Å². The molecule has 4 nitrogen and oxygen atoms in total. The average Bonchev–Trinajstić information content (AvgIpc) is 2.25. The second-order valence-corrected chi connectivity index (χ2v) is 7.00. The number of sulfone groups is 1. The molecule has 0 N–H and O–H groups in total. The highest BCUT2D eigenvalue weighted by Gasteiger charge is 2.18. The molecule has 0 aliphatic rings. The summed E-state index contributed by atoms with van der Waals surface area (Å²) in [4.78, 5) is 6.09. The Morgan fingerprint density at radius 3 is 2.67 bits per heavy atom. The first-order chi connectivity index (χ1) is 8.33. The van der Waals surface area contributed by atoms with Crippen LogP contribution in [0, 0.1) is 0 Å². The van der Waals surface area contributed by atoms with Crippen molar-refractivity contribution in [1.82, 2.24) is 9.88 Å². The van der Waals surface area contributed by atoms with Crippen molar-refractivity contribution in [2.45, 2.75) is 26.4 Å². The smallest absolute Gasteiger partial charge is 0.148 e. The third kappa shape index (κ3) is 4.92. The zero-order valence-electron chi connectivity index (χ0n) is 10.9. The molecular formula is C12H19ClN2O2S. The van der Waals surface area contributed by atoms with Gasteiger partial charge in [-0.15, -0.1) is 0 Å². The van der Waals surface area contributed by atoms with E-state index in [1.165, 1.54) is 6.26 Å². The minimum absolute atomic E-state index is 0.0405. The lowest BCUT2D eigenvalue weighted by molar-refractivity contribution is 0.226. The van der Waals surface area contributed by atoms with Gasteiger partial charge in [-0.1, -0.05) is 24.6 Å². The largest absolute Gasteiger partial charge is 0.296 e. The van der Waals surface area contributed by atoms with Gasteiger partial charge in [0.1, 0.15) is 15.0 Å². The van der Waals surface area contributed by atoms with Crippen LogP contribution in [-0.2, 0) is 16.4 Å². The minimum Gasteiger partial charge on any atom is -0.296 e. The van der Waals surface area contributed by atoms with Crippen LogP contribution in [0.5, 0.6) is 0 Å². The molecule has 0 bridgehead atoms. The van der Waals surface area contributed by atoms with Crippen molar-refractivity contribution in [3.05, 3.63) is 29.0 Å². The summed E-state index contributed by atoms with van der Waals surface area (Å²) < 4.78 is 22.6. The maximum absolute atomic E-state index is 11.3. The van der Waals surface area contributed by atoms with Crippen molar-refractivity contribution >= 4 is 21.4 Å². The Labute approximate surface area is 114 Å². The molecule has 1 rings (SSSR count). The van der Waals surface area contributed by atoms with Crippen LogP contribution >= 0.6 is 11.6 Å². The van der Waals surface area contributed by atoms with Crippen molar-refractivity contribution in [1.29, 1.82) is 0 Å². The number of aromatic nitrogens is 1. The summed E-state index contributed by atoms with van der Waals surface area (Å²) in [6, 6.07) is 3.70. The van der Waals surface area contributed by atoms with E-state index in [0.29, 0.717) is 11.7 Å². The maximum Gasteiger partial charge on any atom is 0.148 e. The molecule has 0 amide bonds. The van der Waals surface area contributed by atoms with Gasteiger partial charge < -0.3 is 0 Å². The summed E-state index contributed by atoms with van der Waals surface area (Å²) >= 11 is 6.01. The normalized spacial score (nSPS) is 13.8. The third-order valence-corrected chi connectivity index (χ3v) is 4.21. The monoisotopic (exact) mass is 290 g/mol. The van der Waals surface area contributed by atoms with Crippen molar-refractivity contribution in [2.75, 3.05) is 18.6 Å².